The second-order valence-electron chi connectivity index (χ2n) is 5.66. The van der Waals surface area contributed by atoms with Crippen molar-refractivity contribution in [3.8, 4) is 5.75 Å². The zero-order valence-electron chi connectivity index (χ0n) is 14.5. The quantitative estimate of drug-likeness (QED) is 0.435. The molecule has 1 aliphatic heterocycles. The van der Waals surface area contributed by atoms with Gasteiger partial charge in [-0.15, -0.1) is 0 Å². The van der Waals surface area contributed by atoms with Gasteiger partial charge < -0.3 is 15.2 Å². The predicted octanol–water partition coefficient (Wildman–Crippen LogP) is 3.66. The lowest BCUT2D eigenvalue weighted by Gasteiger charge is -2.18. The zero-order valence-corrected chi connectivity index (χ0v) is 16.0. The van der Waals surface area contributed by atoms with Crippen molar-refractivity contribution >= 4 is 52.4 Å². The molecule has 2 N–H and O–H groups in total. The molecule has 0 aliphatic carbocycles. The van der Waals surface area contributed by atoms with E-state index in [1.54, 1.807) is 19.1 Å². The Bertz CT molecular complexity index is 1020. The summed E-state index contributed by atoms with van der Waals surface area (Å²) in [5, 5.41) is 12.5. The van der Waals surface area contributed by atoms with Crippen molar-refractivity contribution in [1.29, 1.82) is 0 Å². The number of para-hydroxylation sites is 1. The summed E-state index contributed by atoms with van der Waals surface area (Å²) < 4.78 is 4.98. The van der Waals surface area contributed by atoms with E-state index >= 15 is 0 Å². The van der Waals surface area contributed by atoms with Crippen LogP contribution in [0.5, 0.6) is 5.75 Å². The summed E-state index contributed by atoms with van der Waals surface area (Å²) in [6.45, 7) is 1.78. The van der Waals surface area contributed by atoms with Gasteiger partial charge in [0.15, 0.2) is 0 Å². The first-order chi connectivity index (χ1) is 13.3. The number of nitrogens with zero attached hydrogens (tertiary/aromatic N) is 1. The van der Waals surface area contributed by atoms with Crippen molar-refractivity contribution in [3.63, 3.8) is 0 Å². The number of imide groups is 1. The maximum Gasteiger partial charge on any atom is 0.340 e. The number of amides is 2. The Balaban J connectivity index is 1.98. The summed E-state index contributed by atoms with van der Waals surface area (Å²) >= 11 is 12.0. The van der Waals surface area contributed by atoms with Gasteiger partial charge in [0.1, 0.15) is 16.5 Å². The number of benzene rings is 2. The molecule has 144 valence electrons. The van der Waals surface area contributed by atoms with E-state index in [4.69, 9.17) is 27.9 Å². The Morgan fingerprint density at radius 3 is 2.57 bits per heavy atom. The van der Waals surface area contributed by atoms with Crippen molar-refractivity contribution in [2.45, 2.75) is 6.92 Å². The van der Waals surface area contributed by atoms with Gasteiger partial charge in [-0.3, -0.25) is 9.59 Å². The summed E-state index contributed by atoms with van der Waals surface area (Å²) in [4.78, 5) is 38.5. The van der Waals surface area contributed by atoms with Gasteiger partial charge in [-0.2, -0.15) is 0 Å². The molecule has 0 aromatic heterocycles. The van der Waals surface area contributed by atoms with Crippen LogP contribution in [0.3, 0.4) is 0 Å². The molecule has 0 radical (unpaired) electrons. The minimum Gasteiger partial charge on any atom is -0.506 e. The Labute approximate surface area is 170 Å². The number of anilines is 2. The van der Waals surface area contributed by atoms with E-state index in [2.05, 4.69) is 5.32 Å². The second-order valence-corrected chi connectivity index (χ2v) is 6.47. The first-order valence-corrected chi connectivity index (χ1v) is 8.91. The normalized spacial score (nSPS) is 13.9. The molecule has 0 fully saturated rings. The Morgan fingerprint density at radius 2 is 1.86 bits per heavy atom. The number of carbonyl (C=O) groups is 3. The molecular weight excluding hydrogens is 407 g/mol. The Morgan fingerprint density at radius 1 is 1.14 bits per heavy atom. The van der Waals surface area contributed by atoms with E-state index in [0.717, 1.165) is 4.90 Å². The van der Waals surface area contributed by atoms with Crippen molar-refractivity contribution in [2.75, 3.05) is 16.8 Å². The van der Waals surface area contributed by atoms with Crippen molar-refractivity contribution in [3.05, 3.63) is 63.8 Å². The highest BCUT2D eigenvalue weighted by Crippen LogP contribution is 2.35. The van der Waals surface area contributed by atoms with E-state index in [-0.39, 0.29) is 40.0 Å². The highest BCUT2D eigenvalue weighted by Gasteiger charge is 2.40. The molecule has 1 aliphatic rings. The SMILES string of the molecule is CCOC(=O)c1ccccc1N1C(=O)C(Cl)=C(Nc2cc(Cl)ccc2O)C1=O. The van der Waals surface area contributed by atoms with Gasteiger partial charge in [0.2, 0.25) is 0 Å². The lowest BCUT2D eigenvalue weighted by molar-refractivity contribution is -0.120. The summed E-state index contributed by atoms with van der Waals surface area (Å²) in [6, 6.07) is 10.2. The number of carbonyl (C=O) groups excluding carboxylic acids is 3. The third-order valence-corrected chi connectivity index (χ3v) is 4.47. The number of esters is 1. The smallest absolute Gasteiger partial charge is 0.340 e. The minimum atomic E-state index is -0.813. The molecular formula is C19H14Cl2N2O5. The largest absolute Gasteiger partial charge is 0.506 e. The molecule has 0 saturated heterocycles. The topological polar surface area (TPSA) is 95.9 Å². The molecule has 2 aromatic rings. The number of hydrogen-bond donors (Lipinski definition) is 2. The van der Waals surface area contributed by atoms with Crippen LogP contribution in [0, 0.1) is 0 Å². The molecule has 0 saturated carbocycles. The molecule has 0 bridgehead atoms. The third kappa shape index (κ3) is 3.54. The molecule has 1 heterocycles. The number of nitrogens with one attached hydrogen (secondary N) is 1. The molecule has 2 aromatic carbocycles. The fourth-order valence-electron chi connectivity index (χ4n) is 2.62. The van der Waals surface area contributed by atoms with Gasteiger partial charge in [-0.25, -0.2) is 9.69 Å². The number of halogens is 2. The van der Waals surface area contributed by atoms with Crippen LogP contribution in [0.4, 0.5) is 11.4 Å². The number of phenolic OH excluding ortho intramolecular Hbond substituents is 1. The van der Waals surface area contributed by atoms with Crippen LogP contribution in [-0.2, 0) is 14.3 Å². The van der Waals surface area contributed by atoms with E-state index in [1.807, 2.05) is 0 Å². The summed E-state index contributed by atoms with van der Waals surface area (Å²) in [5.74, 6) is -2.46. The number of ether oxygens (including phenoxy) is 1. The van der Waals surface area contributed by atoms with Gasteiger partial charge in [0, 0.05) is 5.02 Å². The molecule has 3 rings (SSSR count). The van der Waals surface area contributed by atoms with Gasteiger partial charge in [-0.1, -0.05) is 35.3 Å². The summed E-state index contributed by atoms with van der Waals surface area (Å²) in [7, 11) is 0. The zero-order chi connectivity index (χ0) is 20.4. The van der Waals surface area contributed by atoms with Crippen LogP contribution in [0.2, 0.25) is 5.02 Å². The van der Waals surface area contributed by atoms with Gasteiger partial charge in [0.25, 0.3) is 11.8 Å². The Kier molecular flexibility index (Phi) is 5.58. The molecule has 9 heteroatoms. The fourth-order valence-corrected chi connectivity index (χ4v) is 3.01. The number of hydrogen-bond acceptors (Lipinski definition) is 6. The standard InChI is InChI=1S/C19H14Cl2N2O5/c1-2-28-19(27)11-5-3-4-6-13(11)23-17(25)15(21)16(18(23)26)22-12-9-10(20)7-8-14(12)24/h3-9,22,24H,2H2,1H3. The number of rotatable bonds is 5. The van der Waals surface area contributed by atoms with E-state index in [1.165, 1.54) is 30.3 Å². The van der Waals surface area contributed by atoms with Gasteiger partial charge in [-0.05, 0) is 37.3 Å². The van der Waals surface area contributed by atoms with Crippen LogP contribution < -0.4 is 10.2 Å². The highest BCUT2D eigenvalue weighted by molar-refractivity contribution is 6.53. The fraction of sp³-hybridized carbons (Fsp3) is 0.105. The van der Waals surface area contributed by atoms with Crippen LogP contribution >= 0.6 is 23.2 Å². The average Bonchev–Trinajstić information content (AvgIpc) is 2.88. The van der Waals surface area contributed by atoms with Crippen LogP contribution in [0.15, 0.2) is 53.2 Å². The first kappa shape index (κ1) is 19.7. The van der Waals surface area contributed by atoms with Crippen molar-refractivity contribution in [1.82, 2.24) is 0 Å². The monoisotopic (exact) mass is 420 g/mol. The molecule has 7 nitrogen and oxygen atoms in total. The molecule has 2 amide bonds. The molecule has 28 heavy (non-hydrogen) atoms. The van der Waals surface area contributed by atoms with E-state index in [0.29, 0.717) is 5.02 Å². The first-order valence-electron chi connectivity index (χ1n) is 8.15. The molecule has 0 atom stereocenters. The predicted molar refractivity (Wildman–Crippen MR) is 105 cm³/mol. The van der Waals surface area contributed by atoms with Crippen LogP contribution in [-0.4, -0.2) is 29.5 Å². The maximum absolute atomic E-state index is 12.9. The molecule has 0 unspecified atom stereocenters. The maximum atomic E-state index is 12.9. The van der Waals surface area contributed by atoms with Gasteiger partial charge >= 0.3 is 5.97 Å². The third-order valence-electron chi connectivity index (χ3n) is 3.89. The van der Waals surface area contributed by atoms with Crippen molar-refractivity contribution < 1.29 is 24.2 Å². The van der Waals surface area contributed by atoms with Gasteiger partial charge in [0.05, 0.1) is 23.5 Å². The second kappa shape index (κ2) is 7.92. The lowest BCUT2D eigenvalue weighted by Crippen LogP contribution is -2.33. The lowest BCUT2D eigenvalue weighted by atomic mass is 10.1. The van der Waals surface area contributed by atoms with E-state index in [9.17, 15) is 19.5 Å². The molecule has 0 spiro atoms. The average molecular weight is 421 g/mol. The minimum absolute atomic E-state index is 0.0428. The van der Waals surface area contributed by atoms with Crippen LogP contribution in [0.1, 0.15) is 17.3 Å². The number of aromatic hydroxyl groups is 1. The highest BCUT2D eigenvalue weighted by atomic mass is 35.5. The van der Waals surface area contributed by atoms with Crippen LogP contribution in [0.25, 0.3) is 0 Å². The number of phenols is 1. The summed E-state index contributed by atoms with van der Waals surface area (Å²) in [6.07, 6.45) is 0. The van der Waals surface area contributed by atoms with Crippen molar-refractivity contribution in [2.24, 2.45) is 0 Å². The Hall–Kier alpha value is -3.03. The van der Waals surface area contributed by atoms with E-state index < -0.39 is 17.8 Å². The summed E-state index contributed by atoms with van der Waals surface area (Å²) in [5.41, 5.74) is -0.0613.